The second-order valence-electron chi connectivity index (χ2n) is 8.28. The zero-order valence-corrected chi connectivity index (χ0v) is 16.8. The number of rotatable bonds is 3. The van der Waals surface area contributed by atoms with Crippen LogP contribution in [0.5, 0.6) is 0 Å². The van der Waals surface area contributed by atoms with Crippen LogP contribution in [0.1, 0.15) is 54.5 Å². The Kier molecular flexibility index (Phi) is 5.53. The molecule has 7 nitrogen and oxygen atoms in total. The summed E-state index contributed by atoms with van der Waals surface area (Å²) in [4.78, 5) is 17.7. The third kappa shape index (κ3) is 3.91. The molecular formula is C20H32N4O3. The lowest BCUT2D eigenvalue weighted by Gasteiger charge is -2.36. The van der Waals surface area contributed by atoms with Crippen LogP contribution in [0.3, 0.4) is 0 Å². The fourth-order valence-electron chi connectivity index (χ4n) is 4.83. The van der Waals surface area contributed by atoms with E-state index in [-0.39, 0.29) is 18.1 Å². The van der Waals surface area contributed by atoms with Crippen molar-refractivity contribution in [3.8, 4) is 0 Å². The molecular weight excluding hydrogens is 344 g/mol. The van der Waals surface area contributed by atoms with Crippen LogP contribution in [0.25, 0.3) is 0 Å². The minimum absolute atomic E-state index is 0.0120. The Hall–Kier alpha value is -1.44. The van der Waals surface area contributed by atoms with Gasteiger partial charge in [-0.25, -0.2) is 0 Å². The maximum absolute atomic E-state index is 13.2. The number of hydrogen-bond donors (Lipinski definition) is 0. The molecule has 2 atom stereocenters. The lowest BCUT2D eigenvalue weighted by molar-refractivity contribution is -0.00908. The number of fused-ring (bicyclic) bond motifs is 1. The van der Waals surface area contributed by atoms with Gasteiger partial charge in [-0.2, -0.15) is 5.10 Å². The highest BCUT2D eigenvalue weighted by atomic mass is 16.5. The van der Waals surface area contributed by atoms with Gasteiger partial charge >= 0.3 is 0 Å². The second-order valence-corrected chi connectivity index (χ2v) is 8.28. The van der Waals surface area contributed by atoms with Crippen molar-refractivity contribution >= 4 is 5.91 Å². The van der Waals surface area contributed by atoms with E-state index in [9.17, 15) is 4.79 Å². The minimum atomic E-state index is -0.0120. The quantitative estimate of drug-likeness (QED) is 0.802. The van der Waals surface area contributed by atoms with Crippen LogP contribution in [0.2, 0.25) is 0 Å². The average molecular weight is 377 g/mol. The van der Waals surface area contributed by atoms with E-state index in [1.165, 1.54) is 0 Å². The standard InChI is InChI=1S/C20H32N4O3/c1-14-12-17-18(21-22(3)19(17)15(2)27-14)20(25)24-6-4-16(5-7-24)13-23-8-10-26-11-9-23/h14-16H,4-13H2,1-3H3/t14-,15+/m1/s1. The van der Waals surface area contributed by atoms with E-state index in [1.54, 1.807) is 0 Å². The molecule has 2 saturated heterocycles. The number of likely N-dealkylation sites (tertiary alicyclic amines) is 1. The van der Waals surface area contributed by atoms with E-state index < -0.39 is 0 Å². The molecule has 2 fully saturated rings. The Bertz CT molecular complexity index is 675. The van der Waals surface area contributed by atoms with Crippen LogP contribution < -0.4 is 0 Å². The van der Waals surface area contributed by atoms with Crippen LogP contribution in [-0.2, 0) is 22.9 Å². The summed E-state index contributed by atoms with van der Waals surface area (Å²) in [5.74, 6) is 0.774. The van der Waals surface area contributed by atoms with Gasteiger partial charge in [0.1, 0.15) is 0 Å². The number of carbonyl (C=O) groups is 1. The summed E-state index contributed by atoms with van der Waals surface area (Å²) in [6, 6.07) is 0. The highest BCUT2D eigenvalue weighted by Crippen LogP contribution is 2.32. The molecule has 7 heteroatoms. The van der Waals surface area contributed by atoms with Crippen LogP contribution in [0, 0.1) is 5.92 Å². The van der Waals surface area contributed by atoms with E-state index in [0.29, 0.717) is 11.6 Å². The van der Waals surface area contributed by atoms with Crippen LogP contribution in [0.4, 0.5) is 0 Å². The molecule has 3 aliphatic rings. The van der Waals surface area contributed by atoms with Gasteiger partial charge in [-0.3, -0.25) is 14.4 Å². The largest absolute Gasteiger partial charge is 0.379 e. The van der Waals surface area contributed by atoms with Crippen LogP contribution in [-0.4, -0.2) is 77.5 Å². The Morgan fingerprint density at radius 2 is 1.85 bits per heavy atom. The molecule has 150 valence electrons. The molecule has 0 N–H and O–H groups in total. The molecule has 27 heavy (non-hydrogen) atoms. The van der Waals surface area contributed by atoms with Crippen molar-refractivity contribution in [2.75, 3.05) is 45.9 Å². The van der Waals surface area contributed by atoms with Crippen LogP contribution in [0.15, 0.2) is 0 Å². The molecule has 0 unspecified atom stereocenters. The molecule has 1 amide bonds. The average Bonchev–Trinajstić information content (AvgIpc) is 2.99. The Morgan fingerprint density at radius 3 is 2.56 bits per heavy atom. The molecule has 4 heterocycles. The van der Waals surface area contributed by atoms with Gasteiger partial charge in [0.2, 0.25) is 0 Å². The van der Waals surface area contributed by atoms with Gasteiger partial charge in [-0.05, 0) is 32.6 Å². The fraction of sp³-hybridized carbons (Fsp3) is 0.800. The summed E-state index contributed by atoms with van der Waals surface area (Å²) in [6.45, 7) is 10.7. The topological polar surface area (TPSA) is 59.8 Å². The van der Waals surface area contributed by atoms with Crippen molar-refractivity contribution in [2.24, 2.45) is 13.0 Å². The summed E-state index contributed by atoms with van der Waals surface area (Å²) in [6.07, 6.45) is 3.04. The van der Waals surface area contributed by atoms with Gasteiger partial charge < -0.3 is 14.4 Å². The Morgan fingerprint density at radius 1 is 1.15 bits per heavy atom. The number of amides is 1. The first kappa shape index (κ1) is 18.9. The van der Waals surface area contributed by atoms with Gasteiger partial charge in [0, 0.05) is 51.8 Å². The molecule has 0 saturated carbocycles. The Labute approximate surface area is 161 Å². The fourth-order valence-corrected chi connectivity index (χ4v) is 4.83. The molecule has 1 aromatic heterocycles. The zero-order chi connectivity index (χ0) is 19.0. The summed E-state index contributed by atoms with van der Waals surface area (Å²) in [7, 11) is 1.92. The van der Waals surface area contributed by atoms with Crippen molar-refractivity contribution < 1.29 is 14.3 Å². The van der Waals surface area contributed by atoms with E-state index in [4.69, 9.17) is 9.47 Å². The summed E-state index contributed by atoms with van der Waals surface area (Å²) >= 11 is 0. The second kappa shape index (κ2) is 7.89. The van der Waals surface area contributed by atoms with Gasteiger partial charge in [-0.15, -0.1) is 0 Å². The lowest BCUT2D eigenvalue weighted by atomic mass is 9.95. The number of nitrogens with zero attached hydrogens (tertiary/aromatic N) is 4. The molecule has 0 bridgehead atoms. The SMILES string of the molecule is C[C@@H]1Cc2c(C(=O)N3CCC(CN4CCOCC4)CC3)nn(C)c2[C@H](C)O1. The first-order valence-electron chi connectivity index (χ1n) is 10.3. The first-order chi connectivity index (χ1) is 13.0. The molecule has 3 aliphatic heterocycles. The van der Waals surface area contributed by atoms with Crippen molar-refractivity contribution in [1.82, 2.24) is 19.6 Å². The lowest BCUT2D eigenvalue weighted by Crippen LogP contribution is -2.44. The maximum atomic E-state index is 13.2. The smallest absolute Gasteiger partial charge is 0.274 e. The van der Waals surface area contributed by atoms with Gasteiger partial charge in [-0.1, -0.05) is 0 Å². The van der Waals surface area contributed by atoms with Gasteiger partial charge in [0.05, 0.1) is 31.1 Å². The van der Waals surface area contributed by atoms with Gasteiger partial charge in [0.25, 0.3) is 5.91 Å². The Balaban J connectivity index is 1.39. The van der Waals surface area contributed by atoms with Crippen LogP contribution >= 0.6 is 0 Å². The summed E-state index contributed by atoms with van der Waals surface area (Å²) in [5.41, 5.74) is 2.78. The number of morpholine rings is 1. The summed E-state index contributed by atoms with van der Waals surface area (Å²) < 4.78 is 13.2. The zero-order valence-electron chi connectivity index (χ0n) is 16.8. The monoisotopic (exact) mass is 376 g/mol. The first-order valence-corrected chi connectivity index (χ1v) is 10.3. The molecule has 0 radical (unpaired) electrons. The van der Waals surface area contributed by atoms with E-state index in [0.717, 1.165) is 76.5 Å². The van der Waals surface area contributed by atoms with E-state index in [2.05, 4.69) is 16.9 Å². The molecule has 4 rings (SSSR count). The number of hydrogen-bond acceptors (Lipinski definition) is 5. The summed E-state index contributed by atoms with van der Waals surface area (Å²) in [5, 5.41) is 4.59. The third-order valence-corrected chi connectivity index (χ3v) is 6.23. The normalized spacial score (nSPS) is 27.6. The number of carbonyl (C=O) groups excluding carboxylic acids is 1. The van der Waals surface area contributed by atoms with Crippen molar-refractivity contribution in [3.05, 3.63) is 17.0 Å². The highest BCUT2D eigenvalue weighted by molar-refractivity contribution is 5.94. The molecule has 0 aromatic carbocycles. The molecule has 0 spiro atoms. The third-order valence-electron chi connectivity index (χ3n) is 6.23. The number of aromatic nitrogens is 2. The minimum Gasteiger partial charge on any atom is -0.379 e. The number of piperidine rings is 1. The van der Waals surface area contributed by atoms with Crippen molar-refractivity contribution in [2.45, 2.75) is 45.3 Å². The maximum Gasteiger partial charge on any atom is 0.274 e. The predicted octanol–water partition coefficient (Wildman–Crippen LogP) is 1.63. The van der Waals surface area contributed by atoms with Crippen molar-refractivity contribution in [1.29, 1.82) is 0 Å². The van der Waals surface area contributed by atoms with E-state index >= 15 is 0 Å². The number of ether oxygens (including phenoxy) is 2. The van der Waals surface area contributed by atoms with Gasteiger partial charge in [0.15, 0.2) is 5.69 Å². The van der Waals surface area contributed by atoms with Crippen molar-refractivity contribution in [3.63, 3.8) is 0 Å². The van der Waals surface area contributed by atoms with E-state index in [1.807, 2.05) is 23.6 Å². The highest BCUT2D eigenvalue weighted by Gasteiger charge is 2.34. The molecule has 1 aromatic rings. The predicted molar refractivity (Wildman–Crippen MR) is 102 cm³/mol. The number of aryl methyl sites for hydroxylation is 1. The molecule has 0 aliphatic carbocycles.